The van der Waals surface area contributed by atoms with Gasteiger partial charge >= 0.3 is 5.97 Å². The summed E-state index contributed by atoms with van der Waals surface area (Å²) in [4.78, 5) is 15.8. The fourth-order valence-electron chi connectivity index (χ4n) is 3.50. The van der Waals surface area contributed by atoms with Gasteiger partial charge in [0, 0.05) is 11.1 Å². The molecule has 9 heteroatoms. The van der Waals surface area contributed by atoms with Gasteiger partial charge in [-0.3, -0.25) is 0 Å². The average Bonchev–Trinajstić information content (AvgIpc) is 3.43. The Morgan fingerprint density at radius 3 is 2.75 bits per heavy atom. The molecule has 0 bridgehead atoms. The molecule has 1 saturated heterocycles. The molecular formula is C23H21N3O6. The first kappa shape index (κ1) is 21.5. The van der Waals surface area contributed by atoms with Gasteiger partial charge in [0.15, 0.2) is 6.10 Å². The van der Waals surface area contributed by atoms with Gasteiger partial charge in [0.1, 0.15) is 24.7 Å². The SMILES string of the molecule is Cc1cc([C@H]2OCO[C@@H]2C(=O)O)ccc1-c1noc(-c2ccc(OC(C)C)c(C#N)c2)n1. The first-order valence-corrected chi connectivity index (χ1v) is 9.99. The molecule has 1 fully saturated rings. The lowest BCUT2D eigenvalue weighted by Crippen LogP contribution is -2.25. The van der Waals surface area contributed by atoms with E-state index in [1.165, 1.54) is 0 Å². The second-order valence-electron chi connectivity index (χ2n) is 7.62. The lowest BCUT2D eigenvalue weighted by atomic mass is 9.98. The van der Waals surface area contributed by atoms with E-state index in [1.807, 2.05) is 26.8 Å². The van der Waals surface area contributed by atoms with Crippen molar-refractivity contribution in [3.05, 3.63) is 53.1 Å². The van der Waals surface area contributed by atoms with E-state index in [2.05, 4.69) is 16.2 Å². The molecule has 3 aromatic rings. The summed E-state index contributed by atoms with van der Waals surface area (Å²) in [6, 6.07) is 12.6. The molecular weight excluding hydrogens is 414 g/mol. The number of ether oxygens (including phenoxy) is 3. The van der Waals surface area contributed by atoms with Crippen LogP contribution in [0.4, 0.5) is 0 Å². The summed E-state index contributed by atoms with van der Waals surface area (Å²) in [6.07, 6.45) is -1.79. The Balaban J connectivity index is 1.60. The molecule has 32 heavy (non-hydrogen) atoms. The van der Waals surface area contributed by atoms with Crippen molar-refractivity contribution in [1.29, 1.82) is 5.26 Å². The minimum atomic E-state index is -1.07. The number of carboxylic acids is 1. The lowest BCUT2D eigenvalue weighted by Gasteiger charge is -2.15. The summed E-state index contributed by atoms with van der Waals surface area (Å²) in [6.45, 7) is 5.58. The van der Waals surface area contributed by atoms with Crippen LogP contribution in [0.1, 0.15) is 36.6 Å². The molecule has 1 aliphatic rings. The Morgan fingerprint density at radius 1 is 1.25 bits per heavy atom. The van der Waals surface area contributed by atoms with Crippen LogP contribution < -0.4 is 4.74 Å². The first-order chi connectivity index (χ1) is 15.4. The Labute approximate surface area is 184 Å². The van der Waals surface area contributed by atoms with E-state index in [0.717, 1.165) is 11.1 Å². The minimum absolute atomic E-state index is 0.0547. The number of hydrogen-bond acceptors (Lipinski definition) is 8. The van der Waals surface area contributed by atoms with E-state index >= 15 is 0 Å². The van der Waals surface area contributed by atoms with Crippen molar-refractivity contribution in [1.82, 2.24) is 10.1 Å². The maximum absolute atomic E-state index is 11.3. The van der Waals surface area contributed by atoms with Crippen molar-refractivity contribution < 1.29 is 28.6 Å². The van der Waals surface area contributed by atoms with Gasteiger partial charge < -0.3 is 23.8 Å². The molecule has 1 aromatic heterocycles. The fourth-order valence-corrected chi connectivity index (χ4v) is 3.50. The molecule has 0 spiro atoms. The second-order valence-corrected chi connectivity index (χ2v) is 7.62. The van der Waals surface area contributed by atoms with Gasteiger partial charge in [0.2, 0.25) is 5.82 Å². The lowest BCUT2D eigenvalue weighted by molar-refractivity contribution is -0.148. The van der Waals surface area contributed by atoms with Crippen LogP contribution >= 0.6 is 0 Å². The summed E-state index contributed by atoms with van der Waals surface area (Å²) < 4.78 is 21.7. The molecule has 1 aliphatic heterocycles. The zero-order chi connectivity index (χ0) is 22.8. The molecule has 0 saturated carbocycles. The highest BCUT2D eigenvalue weighted by Gasteiger charge is 2.36. The number of aryl methyl sites for hydroxylation is 1. The largest absolute Gasteiger partial charge is 0.490 e. The third-order valence-corrected chi connectivity index (χ3v) is 4.97. The van der Waals surface area contributed by atoms with E-state index in [-0.39, 0.29) is 18.8 Å². The van der Waals surface area contributed by atoms with E-state index in [1.54, 1.807) is 30.3 Å². The number of benzene rings is 2. The number of hydrogen-bond donors (Lipinski definition) is 1. The maximum atomic E-state index is 11.3. The van der Waals surface area contributed by atoms with Crippen LogP contribution in [0.5, 0.6) is 5.75 Å². The number of aliphatic carboxylic acids is 1. The molecule has 4 rings (SSSR count). The fraction of sp³-hybridized carbons (Fsp3) is 0.304. The molecule has 0 radical (unpaired) electrons. The number of aromatic nitrogens is 2. The van der Waals surface area contributed by atoms with Gasteiger partial charge in [-0.15, -0.1) is 0 Å². The Morgan fingerprint density at radius 2 is 2.06 bits per heavy atom. The van der Waals surface area contributed by atoms with Crippen molar-refractivity contribution in [3.63, 3.8) is 0 Å². The van der Waals surface area contributed by atoms with Crippen molar-refractivity contribution in [3.8, 4) is 34.7 Å². The van der Waals surface area contributed by atoms with Gasteiger partial charge in [-0.05, 0) is 50.1 Å². The van der Waals surface area contributed by atoms with E-state index in [0.29, 0.717) is 28.3 Å². The highest BCUT2D eigenvalue weighted by Crippen LogP contribution is 2.33. The van der Waals surface area contributed by atoms with Crippen molar-refractivity contribution in [2.75, 3.05) is 6.79 Å². The molecule has 0 unspecified atom stereocenters. The van der Waals surface area contributed by atoms with Crippen LogP contribution in [0.3, 0.4) is 0 Å². The van der Waals surface area contributed by atoms with Crippen molar-refractivity contribution in [2.45, 2.75) is 39.1 Å². The Kier molecular flexibility index (Phi) is 5.90. The average molecular weight is 435 g/mol. The van der Waals surface area contributed by atoms with E-state index in [4.69, 9.17) is 18.7 Å². The third kappa shape index (κ3) is 4.19. The van der Waals surface area contributed by atoms with E-state index in [9.17, 15) is 15.2 Å². The van der Waals surface area contributed by atoms with Crippen molar-refractivity contribution >= 4 is 5.97 Å². The molecule has 2 aromatic carbocycles. The number of nitrogens with zero attached hydrogens (tertiary/aromatic N) is 3. The maximum Gasteiger partial charge on any atom is 0.336 e. The summed E-state index contributed by atoms with van der Waals surface area (Å²) >= 11 is 0. The molecule has 1 N–H and O–H groups in total. The van der Waals surface area contributed by atoms with E-state index < -0.39 is 18.2 Å². The van der Waals surface area contributed by atoms with Gasteiger partial charge in [0.25, 0.3) is 5.89 Å². The standard InChI is InChI=1S/C23H21N3O6/c1-12(2)31-18-7-5-15(9-16(18)10-24)22-25-21(26-32-22)17-6-4-14(8-13(17)3)19-20(23(27)28)30-11-29-19/h4-9,12,19-20H,11H2,1-3H3,(H,27,28)/t19-,20+/m1/s1. The van der Waals surface area contributed by atoms with Gasteiger partial charge in [0.05, 0.1) is 11.7 Å². The summed E-state index contributed by atoms with van der Waals surface area (Å²) in [5, 5.41) is 22.8. The minimum Gasteiger partial charge on any atom is -0.490 e. The molecule has 0 amide bonds. The Hall–Kier alpha value is -3.74. The predicted octanol–water partition coefficient (Wildman–Crippen LogP) is 3.87. The first-order valence-electron chi connectivity index (χ1n) is 9.99. The van der Waals surface area contributed by atoms with Crippen LogP contribution in [0.25, 0.3) is 22.8 Å². The third-order valence-electron chi connectivity index (χ3n) is 4.97. The topological polar surface area (TPSA) is 128 Å². The summed E-state index contributed by atoms with van der Waals surface area (Å²) in [5.41, 5.74) is 3.23. The summed E-state index contributed by atoms with van der Waals surface area (Å²) in [7, 11) is 0. The van der Waals surface area contributed by atoms with Crippen LogP contribution in [-0.4, -0.2) is 40.2 Å². The number of nitriles is 1. The smallest absolute Gasteiger partial charge is 0.336 e. The number of carbonyl (C=O) groups is 1. The normalized spacial score (nSPS) is 18.0. The highest BCUT2D eigenvalue weighted by atomic mass is 16.7. The van der Waals surface area contributed by atoms with Crippen LogP contribution in [0, 0.1) is 18.3 Å². The highest BCUT2D eigenvalue weighted by molar-refractivity contribution is 5.74. The summed E-state index contributed by atoms with van der Waals surface area (Å²) in [5.74, 6) is 0.0757. The number of rotatable bonds is 6. The zero-order valence-corrected chi connectivity index (χ0v) is 17.7. The van der Waals surface area contributed by atoms with Crippen LogP contribution in [0.2, 0.25) is 0 Å². The van der Waals surface area contributed by atoms with Crippen LogP contribution in [0.15, 0.2) is 40.9 Å². The predicted molar refractivity (Wildman–Crippen MR) is 112 cm³/mol. The molecule has 9 nitrogen and oxygen atoms in total. The zero-order valence-electron chi connectivity index (χ0n) is 17.7. The quantitative estimate of drug-likeness (QED) is 0.613. The number of carboxylic acid groups (broad SMARTS) is 1. The monoisotopic (exact) mass is 435 g/mol. The van der Waals surface area contributed by atoms with Gasteiger partial charge in [-0.1, -0.05) is 23.4 Å². The molecule has 0 aliphatic carbocycles. The van der Waals surface area contributed by atoms with Crippen LogP contribution in [-0.2, 0) is 14.3 Å². The van der Waals surface area contributed by atoms with Gasteiger partial charge in [-0.2, -0.15) is 10.2 Å². The van der Waals surface area contributed by atoms with Gasteiger partial charge in [-0.25, -0.2) is 4.79 Å². The second kappa shape index (κ2) is 8.78. The Bertz CT molecular complexity index is 1200. The molecule has 2 atom stereocenters. The van der Waals surface area contributed by atoms with Crippen molar-refractivity contribution in [2.24, 2.45) is 0 Å². The molecule has 2 heterocycles. The molecule has 164 valence electrons.